The fourth-order valence-electron chi connectivity index (χ4n) is 1.81. The largest absolute Gasteiger partial charge is 0.489 e. The Balaban J connectivity index is 1.95. The molecule has 108 valence electrons. The number of hydrogen-bond donors (Lipinski definition) is 1. The molecule has 0 saturated carbocycles. The minimum atomic E-state index is -0.111. The highest BCUT2D eigenvalue weighted by Crippen LogP contribution is 2.14. The normalized spacial score (nSPS) is 9.95. The van der Waals surface area contributed by atoms with E-state index in [4.69, 9.17) is 4.74 Å². The van der Waals surface area contributed by atoms with Gasteiger partial charge in [0.15, 0.2) is 0 Å². The van der Waals surface area contributed by atoms with Crippen molar-refractivity contribution in [3.8, 4) is 5.75 Å². The highest BCUT2D eigenvalue weighted by atomic mass is 16.5. The van der Waals surface area contributed by atoms with Gasteiger partial charge in [-0.05, 0) is 36.3 Å². The summed E-state index contributed by atoms with van der Waals surface area (Å²) in [4.78, 5) is 12.1. The zero-order chi connectivity index (χ0) is 15.1. The maximum atomic E-state index is 12.1. The molecule has 3 nitrogen and oxygen atoms in total. The van der Waals surface area contributed by atoms with E-state index in [-0.39, 0.29) is 5.91 Å². The highest BCUT2D eigenvalue weighted by Gasteiger charge is 2.06. The van der Waals surface area contributed by atoms with Crippen molar-refractivity contribution in [3.05, 3.63) is 77.9 Å². The quantitative estimate of drug-likeness (QED) is 0.822. The lowest BCUT2D eigenvalue weighted by Gasteiger charge is -2.08. The SMILES string of the molecule is C=C(C)COc1cccc(C(=O)NCc2ccccc2)c1. The average molecular weight is 281 g/mol. The third-order valence-corrected chi connectivity index (χ3v) is 2.88. The highest BCUT2D eigenvalue weighted by molar-refractivity contribution is 5.94. The number of amides is 1. The summed E-state index contributed by atoms with van der Waals surface area (Å²) in [6.45, 7) is 6.65. The van der Waals surface area contributed by atoms with E-state index in [2.05, 4.69) is 11.9 Å². The molecule has 0 bridgehead atoms. The maximum Gasteiger partial charge on any atom is 0.251 e. The van der Waals surface area contributed by atoms with Crippen LogP contribution in [0.4, 0.5) is 0 Å². The van der Waals surface area contributed by atoms with E-state index in [1.54, 1.807) is 12.1 Å². The molecular formula is C18H19NO2. The molecule has 21 heavy (non-hydrogen) atoms. The minimum Gasteiger partial charge on any atom is -0.489 e. The smallest absolute Gasteiger partial charge is 0.251 e. The fraction of sp³-hybridized carbons (Fsp3) is 0.167. The molecule has 2 rings (SSSR count). The minimum absolute atomic E-state index is 0.111. The molecule has 2 aromatic rings. The average Bonchev–Trinajstić information content (AvgIpc) is 2.52. The van der Waals surface area contributed by atoms with Gasteiger partial charge >= 0.3 is 0 Å². The first-order valence-corrected chi connectivity index (χ1v) is 6.84. The number of benzene rings is 2. The van der Waals surface area contributed by atoms with Crippen LogP contribution in [0.2, 0.25) is 0 Å². The molecule has 0 heterocycles. The zero-order valence-corrected chi connectivity index (χ0v) is 12.1. The Morgan fingerprint density at radius 3 is 2.62 bits per heavy atom. The summed E-state index contributed by atoms with van der Waals surface area (Å²) in [5, 5.41) is 2.90. The van der Waals surface area contributed by atoms with E-state index in [1.165, 1.54) is 0 Å². The predicted octanol–water partition coefficient (Wildman–Crippen LogP) is 3.57. The molecule has 0 aliphatic heterocycles. The topological polar surface area (TPSA) is 38.3 Å². The van der Waals surface area contributed by atoms with Gasteiger partial charge in [0, 0.05) is 12.1 Å². The van der Waals surface area contributed by atoms with Crippen molar-refractivity contribution in [2.45, 2.75) is 13.5 Å². The van der Waals surface area contributed by atoms with Crippen molar-refractivity contribution >= 4 is 5.91 Å². The van der Waals surface area contributed by atoms with Gasteiger partial charge < -0.3 is 10.1 Å². The Bertz CT molecular complexity index is 620. The van der Waals surface area contributed by atoms with Crippen molar-refractivity contribution < 1.29 is 9.53 Å². The van der Waals surface area contributed by atoms with Crippen molar-refractivity contribution in [1.29, 1.82) is 0 Å². The van der Waals surface area contributed by atoms with E-state index in [0.29, 0.717) is 24.5 Å². The molecule has 0 unspecified atom stereocenters. The molecule has 1 N–H and O–H groups in total. The van der Waals surface area contributed by atoms with Crippen LogP contribution < -0.4 is 10.1 Å². The van der Waals surface area contributed by atoms with Crippen LogP contribution in [0.5, 0.6) is 5.75 Å². The van der Waals surface area contributed by atoms with Gasteiger partial charge in [-0.3, -0.25) is 4.79 Å². The standard InChI is InChI=1S/C18H19NO2/c1-14(2)13-21-17-10-6-9-16(11-17)18(20)19-12-15-7-4-3-5-8-15/h3-11H,1,12-13H2,2H3,(H,19,20). The molecule has 0 fully saturated rings. The van der Waals surface area contributed by atoms with Crippen LogP contribution in [0, 0.1) is 0 Å². The second-order valence-electron chi connectivity index (χ2n) is 4.94. The zero-order valence-electron chi connectivity index (χ0n) is 12.1. The summed E-state index contributed by atoms with van der Waals surface area (Å²) in [7, 11) is 0. The van der Waals surface area contributed by atoms with Crippen LogP contribution >= 0.6 is 0 Å². The lowest BCUT2D eigenvalue weighted by atomic mass is 10.2. The molecule has 0 aliphatic carbocycles. The second-order valence-corrected chi connectivity index (χ2v) is 4.94. The van der Waals surface area contributed by atoms with Crippen molar-refractivity contribution in [3.63, 3.8) is 0 Å². The van der Waals surface area contributed by atoms with Gasteiger partial charge in [-0.1, -0.05) is 43.0 Å². The first-order valence-electron chi connectivity index (χ1n) is 6.84. The van der Waals surface area contributed by atoms with E-state index < -0.39 is 0 Å². The lowest BCUT2D eigenvalue weighted by Crippen LogP contribution is -2.22. The predicted molar refractivity (Wildman–Crippen MR) is 84.4 cm³/mol. The summed E-state index contributed by atoms with van der Waals surface area (Å²) in [5.74, 6) is 0.560. The Morgan fingerprint density at radius 2 is 1.90 bits per heavy atom. The van der Waals surface area contributed by atoms with Gasteiger partial charge in [0.2, 0.25) is 0 Å². The van der Waals surface area contributed by atoms with Crippen LogP contribution in [0.15, 0.2) is 66.7 Å². The molecular weight excluding hydrogens is 262 g/mol. The Labute approximate surface area is 125 Å². The van der Waals surface area contributed by atoms with Crippen LogP contribution in [-0.4, -0.2) is 12.5 Å². The number of ether oxygens (including phenoxy) is 1. The molecule has 3 heteroatoms. The van der Waals surface area contributed by atoms with E-state index in [9.17, 15) is 4.79 Å². The Kier molecular flexibility index (Phi) is 5.16. The fourth-order valence-corrected chi connectivity index (χ4v) is 1.81. The molecule has 0 aliphatic rings. The second kappa shape index (κ2) is 7.29. The van der Waals surface area contributed by atoms with Gasteiger partial charge in [-0.2, -0.15) is 0 Å². The van der Waals surface area contributed by atoms with Gasteiger partial charge in [0.05, 0.1) is 0 Å². The number of nitrogens with one attached hydrogen (secondary N) is 1. The summed E-state index contributed by atoms with van der Waals surface area (Å²) < 4.78 is 5.54. The number of rotatable bonds is 6. The molecule has 0 spiro atoms. The molecule has 0 atom stereocenters. The third kappa shape index (κ3) is 4.80. The summed E-state index contributed by atoms with van der Waals surface area (Å²) in [5.41, 5.74) is 2.60. The maximum absolute atomic E-state index is 12.1. The van der Waals surface area contributed by atoms with Crippen LogP contribution in [0.3, 0.4) is 0 Å². The summed E-state index contributed by atoms with van der Waals surface area (Å²) >= 11 is 0. The molecule has 1 amide bonds. The Morgan fingerprint density at radius 1 is 1.14 bits per heavy atom. The van der Waals surface area contributed by atoms with Gasteiger partial charge in [0.1, 0.15) is 12.4 Å². The lowest BCUT2D eigenvalue weighted by molar-refractivity contribution is 0.0950. The molecule has 0 radical (unpaired) electrons. The van der Waals surface area contributed by atoms with Gasteiger partial charge in [-0.15, -0.1) is 0 Å². The van der Waals surface area contributed by atoms with Gasteiger partial charge in [0.25, 0.3) is 5.91 Å². The van der Waals surface area contributed by atoms with Crippen LogP contribution in [0.25, 0.3) is 0 Å². The number of carbonyl (C=O) groups is 1. The van der Waals surface area contributed by atoms with E-state index in [1.807, 2.05) is 49.4 Å². The van der Waals surface area contributed by atoms with Crippen molar-refractivity contribution in [2.75, 3.05) is 6.61 Å². The van der Waals surface area contributed by atoms with Gasteiger partial charge in [-0.25, -0.2) is 0 Å². The molecule has 0 aromatic heterocycles. The van der Waals surface area contributed by atoms with E-state index >= 15 is 0 Å². The molecule has 0 saturated heterocycles. The Hall–Kier alpha value is -2.55. The first-order chi connectivity index (χ1) is 10.1. The first kappa shape index (κ1) is 14.9. The molecule has 2 aromatic carbocycles. The van der Waals surface area contributed by atoms with Crippen molar-refractivity contribution in [2.24, 2.45) is 0 Å². The summed E-state index contributed by atoms with van der Waals surface area (Å²) in [6.07, 6.45) is 0. The third-order valence-electron chi connectivity index (χ3n) is 2.88. The van der Waals surface area contributed by atoms with Crippen LogP contribution in [0.1, 0.15) is 22.8 Å². The summed E-state index contributed by atoms with van der Waals surface area (Å²) in [6, 6.07) is 17.0. The number of carbonyl (C=O) groups excluding carboxylic acids is 1. The van der Waals surface area contributed by atoms with E-state index in [0.717, 1.165) is 11.1 Å². The monoisotopic (exact) mass is 281 g/mol. The number of hydrogen-bond acceptors (Lipinski definition) is 2. The van der Waals surface area contributed by atoms with Crippen molar-refractivity contribution in [1.82, 2.24) is 5.32 Å². The van der Waals surface area contributed by atoms with Crippen LogP contribution in [-0.2, 0) is 6.54 Å².